The number of pyridine rings is 1. The highest BCUT2D eigenvalue weighted by Crippen LogP contribution is 2.29. The van der Waals surface area contributed by atoms with E-state index in [1.165, 1.54) is 0 Å². The Kier molecular flexibility index (Phi) is 6.07. The van der Waals surface area contributed by atoms with Crippen molar-refractivity contribution in [1.82, 2.24) is 19.7 Å². The molecule has 1 aromatic carbocycles. The van der Waals surface area contributed by atoms with Gasteiger partial charge in [0.2, 0.25) is 5.91 Å². The average molecular weight is 425 g/mol. The first-order valence-corrected chi connectivity index (χ1v) is 8.91. The van der Waals surface area contributed by atoms with Gasteiger partial charge in [0.25, 0.3) is 5.56 Å². The van der Waals surface area contributed by atoms with E-state index in [-0.39, 0.29) is 0 Å². The second-order valence-electron chi connectivity index (χ2n) is 6.27. The van der Waals surface area contributed by atoms with E-state index in [1.807, 2.05) is 18.2 Å². The molecule has 3 aromatic rings. The average Bonchev–Trinajstić information content (AvgIpc) is 3.18. The Morgan fingerprint density at radius 1 is 1.21 bits per heavy atom. The maximum atomic E-state index is 13.0. The van der Waals surface area contributed by atoms with Gasteiger partial charge in [0.05, 0.1) is 18.2 Å². The van der Waals surface area contributed by atoms with Crippen LogP contribution in [0.15, 0.2) is 65.8 Å². The lowest BCUT2D eigenvalue weighted by Crippen LogP contribution is -2.36. The fourth-order valence-electron chi connectivity index (χ4n) is 2.78. The summed E-state index contributed by atoms with van der Waals surface area (Å²) in [6.45, 7) is -0.300. The maximum absolute atomic E-state index is 13.0. The zero-order valence-corrected chi connectivity index (χ0v) is 15.7. The minimum absolute atomic E-state index is 0.307. The maximum Gasteiger partial charge on any atom is 0.417 e. The Labute approximate surface area is 168 Å². The number of hydrogen-bond acceptors (Lipinski definition) is 3. The lowest BCUT2D eigenvalue weighted by atomic mass is 10.1. The number of benzene rings is 1. The molecule has 10 heteroatoms. The van der Waals surface area contributed by atoms with Gasteiger partial charge in [-0.15, -0.1) is 0 Å². The number of nitrogens with zero attached hydrogens (tertiary/aromatic N) is 3. The number of nitrogens with one attached hydrogen (secondary N) is 1. The number of halogens is 4. The number of hydrogen-bond donors (Lipinski definition) is 1. The molecule has 0 saturated heterocycles. The van der Waals surface area contributed by atoms with Gasteiger partial charge in [-0.25, -0.2) is 0 Å². The van der Waals surface area contributed by atoms with Gasteiger partial charge in [-0.1, -0.05) is 41.9 Å². The van der Waals surface area contributed by atoms with Crippen LogP contribution < -0.4 is 10.9 Å². The molecular weight excluding hydrogens is 409 g/mol. The van der Waals surface area contributed by atoms with Gasteiger partial charge in [-0.2, -0.15) is 18.3 Å². The van der Waals surface area contributed by atoms with Gasteiger partial charge in [0, 0.05) is 18.6 Å². The van der Waals surface area contributed by atoms with Gasteiger partial charge in [-0.05, 0) is 17.7 Å². The van der Waals surface area contributed by atoms with Crippen LogP contribution in [0, 0.1) is 0 Å². The van der Waals surface area contributed by atoms with E-state index in [0.717, 1.165) is 5.56 Å². The molecule has 29 heavy (non-hydrogen) atoms. The van der Waals surface area contributed by atoms with Gasteiger partial charge < -0.3 is 9.88 Å². The van der Waals surface area contributed by atoms with E-state index in [9.17, 15) is 22.8 Å². The minimum Gasteiger partial charge on any atom is -0.346 e. The molecule has 0 saturated carbocycles. The monoisotopic (exact) mass is 424 g/mol. The van der Waals surface area contributed by atoms with Gasteiger partial charge >= 0.3 is 6.18 Å². The number of aromatic nitrogens is 3. The summed E-state index contributed by atoms with van der Waals surface area (Å²) in [5.41, 5.74) is -1.20. The third kappa shape index (κ3) is 5.26. The van der Waals surface area contributed by atoms with Crippen molar-refractivity contribution in [2.75, 3.05) is 0 Å². The molecule has 2 heterocycles. The topological polar surface area (TPSA) is 68.9 Å². The van der Waals surface area contributed by atoms with Crippen molar-refractivity contribution in [3.63, 3.8) is 0 Å². The summed E-state index contributed by atoms with van der Waals surface area (Å²) in [7, 11) is 0. The van der Waals surface area contributed by atoms with Crippen LogP contribution in [0.1, 0.15) is 17.2 Å². The van der Waals surface area contributed by atoms with Crippen LogP contribution in [0.2, 0.25) is 5.02 Å². The molecule has 0 fully saturated rings. The Balaban J connectivity index is 1.82. The number of carbonyl (C=O) groups excluding carboxylic acids is 1. The fraction of sp³-hybridized carbons (Fsp3) is 0.211. The molecule has 1 N–H and O–H groups in total. The van der Waals surface area contributed by atoms with Gasteiger partial charge in [0.1, 0.15) is 11.6 Å². The van der Waals surface area contributed by atoms with Crippen LogP contribution in [-0.2, 0) is 24.1 Å². The number of amides is 1. The second-order valence-corrected chi connectivity index (χ2v) is 6.67. The first kappa shape index (κ1) is 20.7. The molecule has 1 amide bonds. The van der Waals surface area contributed by atoms with E-state index < -0.39 is 40.8 Å². The first-order valence-electron chi connectivity index (χ1n) is 8.53. The zero-order chi connectivity index (χ0) is 21.0. The Hall–Kier alpha value is -3.07. The van der Waals surface area contributed by atoms with Crippen molar-refractivity contribution < 1.29 is 18.0 Å². The van der Waals surface area contributed by atoms with Crippen molar-refractivity contribution >= 4 is 17.5 Å². The molecule has 1 atom stereocenters. The summed E-state index contributed by atoms with van der Waals surface area (Å²) < 4.78 is 41.2. The zero-order valence-electron chi connectivity index (χ0n) is 14.9. The third-order valence-corrected chi connectivity index (χ3v) is 4.42. The summed E-state index contributed by atoms with van der Waals surface area (Å²) >= 11 is 5.63. The van der Waals surface area contributed by atoms with E-state index in [4.69, 9.17) is 11.6 Å². The summed E-state index contributed by atoms with van der Waals surface area (Å²) in [6.07, 6.45) is -0.797. The van der Waals surface area contributed by atoms with Crippen molar-refractivity contribution in [2.24, 2.45) is 0 Å². The minimum atomic E-state index is -4.69. The SMILES string of the molecule is O=C(Cn1cc(C(F)(F)F)cc(Cl)c1=O)NC(Cn1cccn1)c1ccccc1. The molecule has 3 rings (SSSR count). The molecule has 0 spiro atoms. The number of rotatable bonds is 6. The third-order valence-electron chi connectivity index (χ3n) is 4.15. The summed E-state index contributed by atoms with van der Waals surface area (Å²) in [5.74, 6) is -0.636. The van der Waals surface area contributed by atoms with E-state index in [1.54, 1.807) is 35.3 Å². The van der Waals surface area contributed by atoms with Gasteiger partial charge in [0.15, 0.2) is 0 Å². The van der Waals surface area contributed by atoms with Crippen LogP contribution in [0.3, 0.4) is 0 Å². The number of carbonyl (C=O) groups is 1. The normalized spacial score (nSPS) is 12.6. The Morgan fingerprint density at radius 2 is 1.93 bits per heavy atom. The van der Waals surface area contributed by atoms with Crippen LogP contribution in [-0.4, -0.2) is 20.3 Å². The highest BCUT2D eigenvalue weighted by molar-refractivity contribution is 6.30. The number of alkyl halides is 3. The van der Waals surface area contributed by atoms with Crippen LogP contribution in [0.5, 0.6) is 0 Å². The molecule has 0 aliphatic heterocycles. The molecule has 2 aromatic heterocycles. The molecule has 152 valence electrons. The molecular formula is C19H16ClF3N4O2. The lowest BCUT2D eigenvalue weighted by molar-refractivity contribution is -0.138. The Bertz CT molecular complexity index is 1030. The van der Waals surface area contributed by atoms with Crippen LogP contribution in [0.4, 0.5) is 13.2 Å². The molecule has 6 nitrogen and oxygen atoms in total. The predicted molar refractivity (Wildman–Crippen MR) is 100 cm³/mol. The van der Waals surface area contributed by atoms with E-state index in [0.29, 0.717) is 23.4 Å². The molecule has 0 radical (unpaired) electrons. The van der Waals surface area contributed by atoms with Crippen molar-refractivity contribution in [1.29, 1.82) is 0 Å². The highest BCUT2D eigenvalue weighted by Gasteiger charge is 2.32. The molecule has 1 unspecified atom stereocenters. The van der Waals surface area contributed by atoms with Crippen molar-refractivity contribution in [3.8, 4) is 0 Å². The molecule has 0 bridgehead atoms. The van der Waals surface area contributed by atoms with Crippen LogP contribution in [0.25, 0.3) is 0 Å². The quantitative estimate of drug-likeness (QED) is 0.660. The summed E-state index contributed by atoms with van der Waals surface area (Å²) in [4.78, 5) is 24.6. The van der Waals surface area contributed by atoms with Gasteiger partial charge in [-0.3, -0.25) is 14.3 Å². The summed E-state index contributed by atoms with van der Waals surface area (Å²) in [5, 5.41) is 6.24. The predicted octanol–water partition coefficient (Wildman–Crippen LogP) is 3.27. The van der Waals surface area contributed by atoms with E-state index >= 15 is 0 Å². The van der Waals surface area contributed by atoms with Crippen molar-refractivity contribution in [2.45, 2.75) is 25.3 Å². The Morgan fingerprint density at radius 3 is 2.55 bits per heavy atom. The highest BCUT2D eigenvalue weighted by atomic mass is 35.5. The second kappa shape index (κ2) is 8.52. The van der Waals surface area contributed by atoms with Crippen LogP contribution >= 0.6 is 11.6 Å². The molecule has 0 aliphatic rings. The largest absolute Gasteiger partial charge is 0.417 e. The smallest absolute Gasteiger partial charge is 0.346 e. The standard InChI is InChI=1S/C19H16ClF3N4O2/c20-15-9-14(19(21,22)23)10-26(18(15)29)12-17(28)25-16(11-27-8-4-7-24-27)13-5-2-1-3-6-13/h1-10,16H,11-12H2,(H,25,28). The fourth-order valence-corrected chi connectivity index (χ4v) is 3.01. The first-order chi connectivity index (χ1) is 13.7. The van der Waals surface area contributed by atoms with E-state index in [2.05, 4.69) is 10.4 Å². The van der Waals surface area contributed by atoms with Crippen molar-refractivity contribution in [3.05, 3.63) is 87.6 Å². The summed E-state index contributed by atoms with van der Waals surface area (Å²) in [6, 6.07) is 10.8. The lowest BCUT2D eigenvalue weighted by Gasteiger charge is -2.20. The molecule has 0 aliphatic carbocycles.